The van der Waals surface area contributed by atoms with Crippen LogP contribution in [0.25, 0.3) is 33.7 Å². The Morgan fingerprint density at radius 3 is 3.00 bits per heavy atom. The van der Waals surface area contributed by atoms with E-state index in [0.717, 1.165) is 13.1 Å². The molecule has 7 heteroatoms. The number of H-pyrrole nitrogens is 1. The summed E-state index contributed by atoms with van der Waals surface area (Å²) in [6, 6.07) is 6.49. The van der Waals surface area contributed by atoms with E-state index in [-0.39, 0.29) is 6.61 Å². The van der Waals surface area contributed by atoms with Crippen LogP contribution in [0, 0.1) is 0 Å². The van der Waals surface area contributed by atoms with Crippen molar-refractivity contribution in [1.82, 2.24) is 25.1 Å². The molecule has 0 unspecified atom stereocenters. The van der Waals surface area contributed by atoms with Gasteiger partial charge < -0.3 is 10.0 Å². The van der Waals surface area contributed by atoms with Crippen molar-refractivity contribution in [2.24, 2.45) is 0 Å². The van der Waals surface area contributed by atoms with Gasteiger partial charge in [0.1, 0.15) is 0 Å². The SMILES string of the molecule is CN(C)CCn1[nH]c2c3c(sc4cccc1c4-2)=CN(NCCO)C=C3. The molecule has 25 heavy (non-hydrogen) atoms. The highest BCUT2D eigenvalue weighted by atomic mass is 32.1. The van der Waals surface area contributed by atoms with Crippen molar-refractivity contribution in [3.05, 3.63) is 34.5 Å². The average Bonchev–Trinajstić information content (AvgIpc) is 2.98. The Bertz CT molecular complexity index is 948. The van der Waals surface area contributed by atoms with Crippen LogP contribution < -0.4 is 9.96 Å². The van der Waals surface area contributed by atoms with Crippen LogP contribution in [-0.4, -0.2) is 58.6 Å². The van der Waals surface area contributed by atoms with E-state index >= 15 is 0 Å². The largest absolute Gasteiger partial charge is 0.395 e. The number of benzene rings is 1. The molecule has 3 heterocycles. The standard InChI is InChI=1S/C18H23N5OS/c1-21(2)9-10-23-14-4-3-5-15-17(14)18(20-23)13-6-8-22(19-7-11-24)12-16(13)25-15/h3-6,8,12,19-20,24H,7,9-11H2,1-2H3. The lowest BCUT2D eigenvalue weighted by atomic mass is 10.1. The number of fused-ring (bicyclic) bond motifs is 2. The Hall–Kier alpha value is -2.06. The van der Waals surface area contributed by atoms with Crippen LogP contribution in [0.4, 0.5) is 0 Å². The number of aromatic nitrogens is 2. The quantitative estimate of drug-likeness (QED) is 0.626. The van der Waals surface area contributed by atoms with Gasteiger partial charge in [-0.25, -0.2) is 5.43 Å². The van der Waals surface area contributed by atoms with Crippen molar-refractivity contribution in [2.45, 2.75) is 6.54 Å². The van der Waals surface area contributed by atoms with Gasteiger partial charge in [-0.1, -0.05) is 6.07 Å². The van der Waals surface area contributed by atoms with Crippen molar-refractivity contribution < 1.29 is 5.11 Å². The second-order valence-electron chi connectivity index (χ2n) is 6.46. The predicted octanol–water partition coefficient (Wildman–Crippen LogP) is 1.50. The number of nitrogens with zero attached hydrogens (tertiary/aromatic N) is 3. The smallest absolute Gasteiger partial charge is 0.0738 e. The highest BCUT2D eigenvalue weighted by Crippen LogP contribution is 2.36. The summed E-state index contributed by atoms with van der Waals surface area (Å²) >= 11 is 1.79. The number of aliphatic hydroxyl groups is 1. The maximum absolute atomic E-state index is 9.00. The fourth-order valence-corrected chi connectivity index (χ4v) is 4.30. The van der Waals surface area contributed by atoms with Gasteiger partial charge in [-0.05, 0) is 32.3 Å². The van der Waals surface area contributed by atoms with Crippen LogP contribution in [0.15, 0.2) is 24.4 Å². The molecule has 132 valence electrons. The van der Waals surface area contributed by atoms with Gasteiger partial charge >= 0.3 is 0 Å². The van der Waals surface area contributed by atoms with Gasteiger partial charge in [-0.15, -0.1) is 11.3 Å². The molecular weight excluding hydrogens is 334 g/mol. The van der Waals surface area contributed by atoms with Crippen molar-refractivity contribution in [3.63, 3.8) is 0 Å². The van der Waals surface area contributed by atoms with Crippen molar-refractivity contribution in [1.29, 1.82) is 0 Å². The Morgan fingerprint density at radius 1 is 1.32 bits per heavy atom. The molecule has 1 aromatic rings. The summed E-state index contributed by atoms with van der Waals surface area (Å²) < 4.78 is 4.73. The minimum atomic E-state index is 0.114. The van der Waals surface area contributed by atoms with Crippen LogP contribution >= 0.6 is 11.3 Å². The van der Waals surface area contributed by atoms with Crippen LogP contribution in [0.1, 0.15) is 5.56 Å². The zero-order valence-corrected chi connectivity index (χ0v) is 15.3. The van der Waals surface area contributed by atoms with Gasteiger partial charge in [0.15, 0.2) is 0 Å². The van der Waals surface area contributed by atoms with E-state index in [1.54, 1.807) is 11.3 Å². The molecule has 1 aromatic carbocycles. The fourth-order valence-electron chi connectivity index (χ4n) is 3.16. The predicted molar refractivity (Wildman–Crippen MR) is 104 cm³/mol. The molecule has 0 amide bonds. The first-order valence-corrected chi connectivity index (χ1v) is 9.26. The van der Waals surface area contributed by atoms with E-state index in [1.165, 1.54) is 31.6 Å². The molecule has 0 spiro atoms. The zero-order valence-electron chi connectivity index (χ0n) is 14.5. The summed E-state index contributed by atoms with van der Waals surface area (Å²) in [6.07, 6.45) is 6.21. The number of hydrogen-bond donors (Lipinski definition) is 3. The molecule has 6 nitrogen and oxygen atoms in total. The third-order valence-electron chi connectivity index (χ3n) is 4.38. The van der Waals surface area contributed by atoms with Crippen LogP contribution in [0.5, 0.6) is 0 Å². The fraction of sp³-hybridized carbons (Fsp3) is 0.333. The molecule has 4 rings (SSSR count). The molecule has 0 aliphatic carbocycles. The first kappa shape index (κ1) is 16.4. The number of nitrogens with one attached hydrogen (secondary N) is 2. The Kier molecular flexibility index (Phi) is 4.39. The van der Waals surface area contributed by atoms with Crippen molar-refractivity contribution in [2.75, 3.05) is 33.8 Å². The minimum Gasteiger partial charge on any atom is -0.395 e. The number of aliphatic hydroxyl groups excluding tert-OH is 1. The molecule has 0 radical (unpaired) electrons. The topological polar surface area (TPSA) is 59.5 Å². The van der Waals surface area contributed by atoms with E-state index in [2.05, 4.69) is 64.7 Å². The van der Waals surface area contributed by atoms with E-state index < -0.39 is 0 Å². The van der Waals surface area contributed by atoms with Gasteiger partial charge in [-0.2, -0.15) is 0 Å². The van der Waals surface area contributed by atoms with E-state index in [1.807, 2.05) is 11.2 Å². The third-order valence-corrected chi connectivity index (χ3v) is 5.49. The molecular formula is C18H23N5OS. The lowest BCUT2D eigenvalue weighted by Crippen LogP contribution is -2.34. The summed E-state index contributed by atoms with van der Waals surface area (Å²) in [5.74, 6) is 0. The van der Waals surface area contributed by atoms with E-state index in [9.17, 15) is 0 Å². The highest BCUT2D eigenvalue weighted by molar-refractivity contribution is 7.16. The summed E-state index contributed by atoms with van der Waals surface area (Å²) in [5, 5.41) is 14.5. The van der Waals surface area contributed by atoms with E-state index in [0.29, 0.717) is 6.54 Å². The lowest BCUT2D eigenvalue weighted by Gasteiger charge is -2.20. The van der Waals surface area contributed by atoms with Gasteiger partial charge in [0.05, 0.1) is 28.9 Å². The van der Waals surface area contributed by atoms with Crippen LogP contribution in [0.3, 0.4) is 0 Å². The molecule has 0 saturated carbocycles. The number of aromatic amines is 1. The molecule has 3 aliphatic heterocycles. The molecule has 0 aromatic heterocycles. The summed E-state index contributed by atoms with van der Waals surface area (Å²) in [7, 11) is 4.19. The second-order valence-corrected chi connectivity index (χ2v) is 7.54. The first-order chi connectivity index (χ1) is 12.2. The highest BCUT2D eigenvalue weighted by Gasteiger charge is 2.20. The number of hydrazine groups is 1. The summed E-state index contributed by atoms with van der Waals surface area (Å²) in [6.45, 7) is 2.56. The molecule has 0 saturated heterocycles. The van der Waals surface area contributed by atoms with Gasteiger partial charge in [0, 0.05) is 41.3 Å². The number of hydrogen-bond acceptors (Lipinski definition) is 5. The maximum Gasteiger partial charge on any atom is 0.0738 e. The monoisotopic (exact) mass is 357 g/mol. The Morgan fingerprint density at radius 2 is 2.20 bits per heavy atom. The molecule has 0 atom stereocenters. The lowest BCUT2D eigenvalue weighted by molar-refractivity contribution is 0.261. The minimum absolute atomic E-state index is 0.114. The normalized spacial score (nSPS) is 13.8. The van der Waals surface area contributed by atoms with Crippen molar-refractivity contribution in [3.8, 4) is 11.3 Å². The third kappa shape index (κ3) is 3.00. The first-order valence-electron chi connectivity index (χ1n) is 8.45. The van der Waals surface area contributed by atoms with Gasteiger partial charge in [0.2, 0.25) is 0 Å². The molecule has 0 bridgehead atoms. The molecule has 0 fully saturated rings. The maximum atomic E-state index is 9.00. The van der Waals surface area contributed by atoms with Gasteiger partial charge in [-0.3, -0.25) is 14.8 Å². The van der Waals surface area contributed by atoms with Crippen LogP contribution in [-0.2, 0) is 6.54 Å². The van der Waals surface area contributed by atoms with Crippen molar-refractivity contribution >= 4 is 33.8 Å². The molecule has 3 aliphatic rings. The Labute approximate surface area is 150 Å². The summed E-state index contributed by atoms with van der Waals surface area (Å²) in [4.78, 5) is 2.20. The zero-order chi connectivity index (χ0) is 17.4. The number of likely N-dealkylation sites (N-methyl/N-ethyl adjacent to an activating group) is 1. The van der Waals surface area contributed by atoms with Crippen LogP contribution in [0.2, 0.25) is 0 Å². The second kappa shape index (κ2) is 6.68. The Balaban J connectivity index is 1.84. The summed E-state index contributed by atoms with van der Waals surface area (Å²) in [5.41, 5.74) is 8.13. The van der Waals surface area contributed by atoms with Gasteiger partial charge in [0.25, 0.3) is 0 Å². The average molecular weight is 357 g/mol. The van der Waals surface area contributed by atoms with E-state index in [4.69, 9.17) is 5.11 Å². The molecule has 3 N–H and O–H groups in total. The number of rotatable bonds is 6.